The minimum absolute atomic E-state index is 0.361. The van der Waals surface area contributed by atoms with Crippen LogP contribution in [0.3, 0.4) is 0 Å². The predicted octanol–water partition coefficient (Wildman–Crippen LogP) is 3.86. The molecule has 0 aliphatic heterocycles. The highest BCUT2D eigenvalue weighted by atomic mass is 35.5. The number of anilines is 1. The largest absolute Gasteiger partial charge is 0.449 e. The van der Waals surface area contributed by atoms with E-state index in [2.05, 4.69) is 10.3 Å². The summed E-state index contributed by atoms with van der Waals surface area (Å²) in [6.07, 6.45) is 4.70. The number of aryl methyl sites for hydroxylation is 1. The van der Waals surface area contributed by atoms with Crippen LogP contribution in [0, 0.1) is 0 Å². The van der Waals surface area contributed by atoms with Crippen LogP contribution in [-0.4, -0.2) is 23.0 Å². The molecule has 1 aliphatic rings. The number of hydrogen-bond acceptors (Lipinski definition) is 5. The lowest BCUT2D eigenvalue weighted by Crippen LogP contribution is -2.30. The van der Waals surface area contributed by atoms with Gasteiger partial charge in [-0.15, -0.1) is 11.3 Å². The van der Waals surface area contributed by atoms with Crippen LogP contribution in [0.15, 0.2) is 23.7 Å². The molecule has 0 spiro atoms. The standard InChI is InChI=1S/C17H17ClN2O3S/c1-10(16(21)20-15-7-6-11(18)8-19-15)23-17(22)13-9-24-14-5-3-2-4-12(13)14/h6-10H,2-5H2,1H3,(H,19,20,21). The highest BCUT2D eigenvalue weighted by Gasteiger charge is 2.24. The summed E-state index contributed by atoms with van der Waals surface area (Å²) < 4.78 is 5.32. The van der Waals surface area contributed by atoms with Crippen molar-refractivity contribution in [2.45, 2.75) is 38.7 Å². The van der Waals surface area contributed by atoms with E-state index in [-0.39, 0.29) is 0 Å². The molecule has 1 N–H and O–H groups in total. The Labute approximate surface area is 149 Å². The van der Waals surface area contributed by atoms with Crippen LogP contribution in [0.25, 0.3) is 0 Å². The summed E-state index contributed by atoms with van der Waals surface area (Å²) in [5, 5.41) is 4.92. The molecule has 0 aromatic carbocycles. The van der Waals surface area contributed by atoms with Gasteiger partial charge in [-0.25, -0.2) is 9.78 Å². The van der Waals surface area contributed by atoms with Crippen molar-refractivity contribution in [1.29, 1.82) is 0 Å². The molecule has 2 aromatic heterocycles. The van der Waals surface area contributed by atoms with E-state index in [4.69, 9.17) is 16.3 Å². The summed E-state index contributed by atoms with van der Waals surface area (Å²) in [6.45, 7) is 1.54. The van der Waals surface area contributed by atoms with Crippen molar-refractivity contribution in [1.82, 2.24) is 4.98 Å². The van der Waals surface area contributed by atoms with Gasteiger partial charge in [0.2, 0.25) is 0 Å². The third-order valence-electron chi connectivity index (χ3n) is 3.91. The summed E-state index contributed by atoms with van der Waals surface area (Å²) >= 11 is 7.35. The topological polar surface area (TPSA) is 68.3 Å². The van der Waals surface area contributed by atoms with Gasteiger partial charge in [0.25, 0.3) is 5.91 Å². The van der Waals surface area contributed by atoms with Crippen LogP contribution in [-0.2, 0) is 22.4 Å². The zero-order chi connectivity index (χ0) is 17.1. The molecule has 7 heteroatoms. The Morgan fingerprint density at radius 1 is 1.33 bits per heavy atom. The molecule has 1 unspecified atom stereocenters. The zero-order valence-electron chi connectivity index (χ0n) is 13.2. The number of carbonyl (C=O) groups excluding carboxylic acids is 2. The van der Waals surface area contributed by atoms with Crippen molar-refractivity contribution >= 4 is 40.6 Å². The highest BCUT2D eigenvalue weighted by Crippen LogP contribution is 2.30. The first-order valence-electron chi connectivity index (χ1n) is 7.77. The van der Waals surface area contributed by atoms with Crippen LogP contribution >= 0.6 is 22.9 Å². The molecule has 0 bridgehead atoms. The van der Waals surface area contributed by atoms with Gasteiger partial charge < -0.3 is 10.1 Å². The molecule has 2 aromatic rings. The van der Waals surface area contributed by atoms with E-state index in [9.17, 15) is 9.59 Å². The molecule has 24 heavy (non-hydrogen) atoms. The van der Waals surface area contributed by atoms with E-state index in [1.165, 1.54) is 11.1 Å². The monoisotopic (exact) mass is 364 g/mol. The van der Waals surface area contributed by atoms with Crippen molar-refractivity contribution in [3.63, 3.8) is 0 Å². The van der Waals surface area contributed by atoms with Gasteiger partial charge in [0.15, 0.2) is 6.10 Å². The number of ether oxygens (including phenoxy) is 1. The van der Waals surface area contributed by atoms with Gasteiger partial charge in [-0.3, -0.25) is 4.79 Å². The Kier molecular flexibility index (Phi) is 5.16. The van der Waals surface area contributed by atoms with Crippen LogP contribution in [0.2, 0.25) is 5.02 Å². The summed E-state index contributed by atoms with van der Waals surface area (Å²) in [4.78, 5) is 29.7. The highest BCUT2D eigenvalue weighted by molar-refractivity contribution is 7.10. The summed E-state index contributed by atoms with van der Waals surface area (Å²) in [5.41, 5.74) is 1.68. The number of pyridine rings is 1. The minimum Gasteiger partial charge on any atom is -0.449 e. The van der Waals surface area contributed by atoms with E-state index in [0.717, 1.165) is 31.2 Å². The SMILES string of the molecule is CC(OC(=O)c1csc2c1CCCC2)C(=O)Nc1ccc(Cl)cn1. The van der Waals surface area contributed by atoms with E-state index < -0.39 is 18.0 Å². The van der Waals surface area contributed by atoms with Crippen LogP contribution < -0.4 is 5.32 Å². The van der Waals surface area contributed by atoms with Crippen molar-refractivity contribution in [2.24, 2.45) is 0 Å². The molecule has 3 rings (SSSR count). The summed E-state index contributed by atoms with van der Waals surface area (Å²) in [5.74, 6) is -0.511. The van der Waals surface area contributed by atoms with Gasteiger partial charge in [-0.05, 0) is 50.3 Å². The number of rotatable bonds is 4. The Morgan fingerprint density at radius 3 is 2.88 bits per heavy atom. The molecule has 1 atom stereocenters. The number of thiophene rings is 1. The lowest BCUT2D eigenvalue weighted by Gasteiger charge is -2.15. The maximum absolute atomic E-state index is 12.4. The number of amides is 1. The van der Waals surface area contributed by atoms with Crippen LogP contribution in [0.5, 0.6) is 0 Å². The van der Waals surface area contributed by atoms with Crippen LogP contribution in [0.4, 0.5) is 5.82 Å². The number of halogens is 1. The van der Waals surface area contributed by atoms with E-state index in [1.54, 1.807) is 30.4 Å². The first-order chi connectivity index (χ1) is 11.5. The van der Waals surface area contributed by atoms with Crippen molar-refractivity contribution < 1.29 is 14.3 Å². The zero-order valence-corrected chi connectivity index (χ0v) is 14.7. The molecule has 2 heterocycles. The smallest absolute Gasteiger partial charge is 0.340 e. The van der Waals surface area contributed by atoms with Crippen molar-refractivity contribution in [2.75, 3.05) is 5.32 Å². The van der Waals surface area contributed by atoms with Gasteiger partial charge >= 0.3 is 5.97 Å². The maximum atomic E-state index is 12.4. The Balaban J connectivity index is 1.62. The first-order valence-corrected chi connectivity index (χ1v) is 9.03. The van der Waals surface area contributed by atoms with Crippen LogP contribution in [0.1, 0.15) is 40.6 Å². The van der Waals surface area contributed by atoms with Gasteiger partial charge in [-0.1, -0.05) is 11.6 Å². The Bertz CT molecular complexity index is 758. The number of esters is 1. The molecule has 0 fully saturated rings. The average Bonchev–Trinajstić information content (AvgIpc) is 3.01. The Morgan fingerprint density at radius 2 is 2.12 bits per heavy atom. The third kappa shape index (κ3) is 3.76. The maximum Gasteiger partial charge on any atom is 0.340 e. The quantitative estimate of drug-likeness (QED) is 0.836. The molecule has 0 radical (unpaired) electrons. The number of hydrogen-bond donors (Lipinski definition) is 1. The fourth-order valence-corrected chi connectivity index (χ4v) is 3.85. The molecule has 5 nitrogen and oxygen atoms in total. The molecule has 126 valence electrons. The lowest BCUT2D eigenvalue weighted by atomic mass is 9.96. The third-order valence-corrected chi connectivity index (χ3v) is 5.23. The van der Waals surface area contributed by atoms with Gasteiger partial charge in [-0.2, -0.15) is 0 Å². The summed E-state index contributed by atoms with van der Waals surface area (Å²) in [6, 6.07) is 3.21. The van der Waals surface area contributed by atoms with Crippen molar-refractivity contribution in [3.8, 4) is 0 Å². The van der Waals surface area contributed by atoms with Gasteiger partial charge in [0, 0.05) is 16.5 Å². The predicted molar refractivity (Wildman–Crippen MR) is 93.7 cm³/mol. The number of nitrogens with zero attached hydrogens (tertiary/aromatic N) is 1. The Hall–Kier alpha value is -1.92. The van der Waals surface area contributed by atoms with Crippen molar-refractivity contribution in [3.05, 3.63) is 44.7 Å². The molecular weight excluding hydrogens is 348 g/mol. The van der Waals surface area contributed by atoms with Gasteiger partial charge in [0.1, 0.15) is 5.82 Å². The van der Waals surface area contributed by atoms with E-state index in [0.29, 0.717) is 16.4 Å². The molecule has 1 amide bonds. The number of fused-ring (bicyclic) bond motifs is 1. The van der Waals surface area contributed by atoms with Gasteiger partial charge in [0.05, 0.1) is 10.6 Å². The second-order valence-corrected chi connectivity index (χ2v) is 7.06. The number of aromatic nitrogens is 1. The van der Waals surface area contributed by atoms with E-state index in [1.807, 2.05) is 5.38 Å². The lowest BCUT2D eigenvalue weighted by molar-refractivity contribution is -0.123. The molecule has 1 aliphatic carbocycles. The average molecular weight is 365 g/mol. The summed E-state index contributed by atoms with van der Waals surface area (Å²) in [7, 11) is 0. The minimum atomic E-state index is -0.908. The van der Waals surface area contributed by atoms with E-state index >= 15 is 0 Å². The molecule has 0 saturated carbocycles. The molecule has 0 saturated heterocycles. The fraction of sp³-hybridized carbons (Fsp3) is 0.353. The number of nitrogens with one attached hydrogen (secondary N) is 1. The normalized spacial score (nSPS) is 14.6. The molecular formula is C17H17ClN2O3S. The number of carbonyl (C=O) groups is 2. The first kappa shape index (κ1) is 16.9. The second kappa shape index (κ2) is 7.32. The fourth-order valence-electron chi connectivity index (χ4n) is 2.62. The second-order valence-electron chi connectivity index (χ2n) is 5.66.